The molecule has 2 aromatic rings. The Bertz CT molecular complexity index is 1010. The molecule has 2 rings (SSSR count). The minimum Gasteiger partial charge on any atom is -0.744 e. The van der Waals surface area contributed by atoms with Crippen LogP contribution in [0.5, 0.6) is 0 Å². The minimum absolute atomic E-state index is 0.0393. The Morgan fingerprint density at radius 1 is 1.03 bits per heavy atom. The third kappa shape index (κ3) is 4.62. The van der Waals surface area contributed by atoms with Gasteiger partial charge in [0.2, 0.25) is 0 Å². The Hall–Kier alpha value is -2.38. The summed E-state index contributed by atoms with van der Waals surface area (Å²) in [5.41, 5.74) is -5.69. The first-order valence-electron chi connectivity index (χ1n) is 7.59. The van der Waals surface area contributed by atoms with Crippen LogP contribution in [0.4, 0.5) is 26.3 Å². The Morgan fingerprint density at radius 3 is 2.10 bits per heavy atom. The summed E-state index contributed by atoms with van der Waals surface area (Å²) in [6.45, 7) is -1.49. The van der Waals surface area contributed by atoms with Gasteiger partial charge in [0.15, 0.2) is 0 Å². The molecule has 1 N–H and O–H groups in total. The van der Waals surface area contributed by atoms with E-state index in [1.54, 1.807) is 0 Å². The molecule has 0 aromatic heterocycles. The van der Waals surface area contributed by atoms with E-state index in [2.05, 4.69) is 4.74 Å². The van der Waals surface area contributed by atoms with Gasteiger partial charge in [-0.05, 0) is 22.9 Å². The van der Waals surface area contributed by atoms with Gasteiger partial charge in [0, 0.05) is 6.42 Å². The predicted molar refractivity (Wildman–Crippen MR) is 83.9 cm³/mol. The van der Waals surface area contributed by atoms with Gasteiger partial charge < -0.3 is 14.4 Å². The number of fused-ring (bicyclic) bond motifs is 1. The van der Waals surface area contributed by atoms with Gasteiger partial charge in [-0.15, -0.1) is 0 Å². The van der Waals surface area contributed by atoms with Gasteiger partial charge in [-0.3, -0.25) is 0 Å². The number of ether oxygens (including phenoxy) is 1. The van der Waals surface area contributed by atoms with Crippen molar-refractivity contribution in [3.8, 4) is 0 Å². The zero-order valence-corrected chi connectivity index (χ0v) is 14.9. The SMILES string of the molecule is O=C(OCCC(O)(C(F)(F)F)C(F)(F)F)c1cc(S(=O)(=O)[O-])c2ccccc2c1. The second-order valence-corrected chi connectivity index (χ2v) is 7.24. The fraction of sp³-hybridized carbons (Fsp3) is 0.312. The highest BCUT2D eigenvalue weighted by Crippen LogP contribution is 2.45. The van der Waals surface area contributed by atoms with E-state index in [1.165, 1.54) is 24.3 Å². The van der Waals surface area contributed by atoms with E-state index >= 15 is 0 Å². The average Bonchev–Trinajstić information content (AvgIpc) is 2.57. The quantitative estimate of drug-likeness (QED) is 0.431. The number of halogens is 6. The van der Waals surface area contributed by atoms with Crippen molar-refractivity contribution in [3.63, 3.8) is 0 Å². The monoisotopic (exact) mass is 445 g/mol. The molecule has 0 amide bonds. The molecule has 0 unspecified atom stereocenters. The zero-order valence-electron chi connectivity index (χ0n) is 14.0. The molecule has 0 radical (unpaired) electrons. The number of alkyl halides is 6. The number of carbonyl (C=O) groups is 1. The summed E-state index contributed by atoms with van der Waals surface area (Å²) in [6, 6.07) is 7.09. The summed E-state index contributed by atoms with van der Waals surface area (Å²) < 4.78 is 114. The fourth-order valence-corrected chi connectivity index (χ4v) is 3.15. The fourth-order valence-electron chi connectivity index (χ4n) is 2.42. The molecule has 0 aliphatic carbocycles. The number of benzene rings is 2. The number of rotatable bonds is 5. The van der Waals surface area contributed by atoms with Crippen LogP contribution in [0, 0.1) is 0 Å². The maximum atomic E-state index is 12.6. The van der Waals surface area contributed by atoms with Crippen molar-refractivity contribution in [1.29, 1.82) is 0 Å². The van der Waals surface area contributed by atoms with Crippen LogP contribution in [0.1, 0.15) is 16.8 Å². The van der Waals surface area contributed by atoms with Crippen LogP contribution in [0.25, 0.3) is 10.8 Å². The summed E-state index contributed by atoms with van der Waals surface area (Å²) in [5, 5.41) is 9.05. The maximum absolute atomic E-state index is 12.6. The van der Waals surface area contributed by atoms with Crippen molar-refractivity contribution < 1.29 is 54.0 Å². The molecule has 0 aliphatic rings. The Kier molecular flexibility index (Phi) is 5.89. The van der Waals surface area contributed by atoms with Crippen molar-refractivity contribution in [1.82, 2.24) is 0 Å². The molecule has 0 aliphatic heterocycles. The molecular weight excluding hydrogens is 434 g/mol. The summed E-state index contributed by atoms with van der Waals surface area (Å²) in [6.07, 6.45) is -14.2. The first-order valence-corrected chi connectivity index (χ1v) is 9.00. The predicted octanol–water partition coefficient (Wildman–Crippen LogP) is 3.15. The molecule has 0 spiro atoms. The first-order chi connectivity index (χ1) is 13.1. The molecule has 2 aromatic carbocycles. The van der Waals surface area contributed by atoms with E-state index in [0.717, 1.165) is 6.07 Å². The molecule has 160 valence electrons. The van der Waals surface area contributed by atoms with Gasteiger partial charge in [-0.25, -0.2) is 13.2 Å². The molecule has 0 saturated carbocycles. The first kappa shape index (κ1) is 22.9. The molecule has 6 nitrogen and oxygen atoms in total. The number of hydrogen-bond acceptors (Lipinski definition) is 6. The standard InChI is InChI=1S/C16H12F6O6S/c17-15(18,19)14(24,16(20,21)22)5-6-28-13(23)10-7-9-3-1-2-4-11(9)12(8-10)29(25,26)27/h1-4,7-8,24H,5-6H2,(H,25,26,27)/p-1. The van der Waals surface area contributed by atoms with Gasteiger partial charge in [0.05, 0.1) is 17.1 Å². The topological polar surface area (TPSA) is 104 Å². The van der Waals surface area contributed by atoms with Crippen LogP contribution in [-0.4, -0.2) is 48.6 Å². The van der Waals surface area contributed by atoms with Crippen molar-refractivity contribution >= 4 is 26.9 Å². The maximum Gasteiger partial charge on any atom is 0.426 e. The lowest BCUT2D eigenvalue weighted by molar-refractivity contribution is -0.371. The highest BCUT2D eigenvalue weighted by molar-refractivity contribution is 7.86. The van der Waals surface area contributed by atoms with E-state index in [9.17, 15) is 44.1 Å². The lowest BCUT2D eigenvalue weighted by Gasteiger charge is -2.32. The van der Waals surface area contributed by atoms with E-state index in [0.29, 0.717) is 6.07 Å². The van der Waals surface area contributed by atoms with Crippen molar-refractivity contribution in [2.24, 2.45) is 0 Å². The molecule has 0 heterocycles. The van der Waals surface area contributed by atoms with E-state index in [-0.39, 0.29) is 10.8 Å². The Morgan fingerprint density at radius 2 is 1.59 bits per heavy atom. The highest BCUT2D eigenvalue weighted by atomic mass is 32.2. The van der Waals surface area contributed by atoms with E-state index in [4.69, 9.17) is 5.11 Å². The molecule has 0 bridgehead atoms. The third-order valence-electron chi connectivity index (χ3n) is 3.96. The van der Waals surface area contributed by atoms with Crippen LogP contribution in [0.3, 0.4) is 0 Å². The number of carbonyl (C=O) groups excluding carboxylic acids is 1. The van der Waals surface area contributed by atoms with Crippen molar-refractivity contribution in [3.05, 3.63) is 42.0 Å². The van der Waals surface area contributed by atoms with Crippen LogP contribution >= 0.6 is 0 Å². The second kappa shape index (κ2) is 7.46. The third-order valence-corrected chi connectivity index (χ3v) is 4.84. The van der Waals surface area contributed by atoms with Gasteiger partial charge in [0.1, 0.15) is 10.1 Å². The summed E-state index contributed by atoms with van der Waals surface area (Å²) in [4.78, 5) is 11.2. The second-order valence-electron chi connectivity index (χ2n) is 5.89. The lowest BCUT2D eigenvalue weighted by Crippen LogP contribution is -2.57. The molecule has 29 heavy (non-hydrogen) atoms. The van der Waals surface area contributed by atoms with Crippen molar-refractivity contribution in [2.45, 2.75) is 29.3 Å². The van der Waals surface area contributed by atoms with Crippen LogP contribution < -0.4 is 0 Å². The molecule has 0 fully saturated rings. The minimum atomic E-state index is -6.08. The van der Waals surface area contributed by atoms with E-state index < -0.39 is 57.5 Å². The highest BCUT2D eigenvalue weighted by Gasteiger charge is 2.70. The number of esters is 1. The number of hydrogen-bond donors (Lipinski definition) is 1. The van der Waals surface area contributed by atoms with Crippen LogP contribution in [0.2, 0.25) is 0 Å². The van der Waals surface area contributed by atoms with Crippen molar-refractivity contribution in [2.75, 3.05) is 6.61 Å². The van der Waals surface area contributed by atoms with Gasteiger partial charge in [-0.2, -0.15) is 26.3 Å². The Balaban J connectivity index is 2.29. The number of aliphatic hydroxyl groups is 1. The van der Waals surface area contributed by atoms with Crippen LogP contribution in [0.15, 0.2) is 41.3 Å². The largest absolute Gasteiger partial charge is 0.744 e. The van der Waals surface area contributed by atoms with Gasteiger partial charge in [0.25, 0.3) is 5.60 Å². The summed E-state index contributed by atoms with van der Waals surface area (Å²) >= 11 is 0. The van der Waals surface area contributed by atoms with E-state index in [1.807, 2.05) is 0 Å². The normalized spacial score (nSPS) is 13.5. The summed E-state index contributed by atoms with van der Waals surface area (Å²) in [7, 11) is -5.06. The molecule has 0 atom stereocenters. The van der Waals surface area contributed by atoms with Gasteiger partial charge >= 0.3 is 18.3 Å². The molecule has 0 saturated heterocycles. The zero-order chi connectivity index (χ0) is 22.3. The Labute approximate surface area is 159 Å². The molecular formula is C16H11F6O6S-. The summed E-state index contributed by atoms with van der Waals surface area (Å²) in [5.74, 6) is -1.48. The van der Waals surface area contributed by atoms with Crippen LogP contribution in [-0.2, 0) is 14.9 Å². The molecule has 13 heteroatoms. The smallest absolute Gasteiger partial charge is 0.426 e. The lowest BCUT2D eigenvalue weighted by atomic mass is 9.99. The average molecular weight is 445 g/mol. The van der Waals surface area contributed by atoms with Gasteiger partial charge in [-0.1, -0.05) is 24.3 Å².